The molecule has 2 aromatic rings. The molecular weight excluding hydrogens is 228 g/mol. The number of nitrogens with zero attached hydrogens (tertiary/aromatic N) is 2. The fourth-order valence-corrected chi connectivity index (χ4v) is 1.60. The molecular formula is C13H14N4O. The summed E-state index contributed by atoms with van der Waals surface area (Å²) in [6.07, 6.45) is 2.83. The van der Waals surface area contributed by atoms with Gasteiger partial charge in [-0.2, -0.15) is 0 Å². The van der Waals surface area contributed by atoms with Gasteiger partial charge >= 0.3 is 0 Å². The molecule has 92 valence electrons. The van der Waals surface area contributed by atoms with Crippen LogP contribution in [0.4, 0.5) is 0 Å². The van der Waals surface area contributed by atoms with Crippen molar-refractivity contribution in [3.05, 3.63) is 47.4 Å². The van der Waals surface area contributed by atoms with E-state index in [4.69, 9.17) is 15.9 Å². The summed E-state index contributed by atoms with van der Waals surface area (Å²) in [4.78, 5) is 7.84. The van der Waals surface area contributed by atoms with E-state index in [1.807, 2.05) is 32.0 Å². The highest BCUT2D eigenvalue weighted by molar-refractivity contribution is 5.96. The van der Waals surface area contributed by atoms with E-state index in [-0.39, 0.29) is 5.84 Å². The van der Waals surface area contributed by atoms with Gasteiger partial charge in [-0.05, 0) is 25.5 Å². The molecule has 18 heavy (non-hydrogen) atoms. The number of aromatic nitrogens is 2. The van der Waals surface area contributed by atoms with Gasteiger partial charge in [-0.15, -0.1) is 0 Å². The first-order valence-electron chi connectivity index (χ1n) is 5.47. The van der Waals surface area contributed by atoms with E-state index in [9.17, 15) is 0 Å². The van der Waals surface area contributed by atoms with Crippen LogP contribution in [0, 0.1) is 19.3 Å². The number of aryl methyl sites for hydroxylation is 2. The number of nitrogens with two attached hydrogens (primary N) is 1. The van der Waals surface area contributed by atoms with Crippen molar-refractivity contribution in [3.8, 4) is 11.6 Å². The molecule has 0 bridgehead atoms. The Balaban J connectivity index is 2.37. The van der Waals surface area contributed by atoms with Crippen LogP contribution in [0.5, 0.6) is 11.6 Å². The number of hydrogen-bond acceptors (Lipinski definition) is 4. The highest BCUT2D eigenvalue weighted by atomic mass is 16.5. The predicted molar refractivity (Wildman–Crippen MR) is 69.0 cm³/mol. The van der Waals surface area contributed by atoms with Crippen LogP contribution in [0.15, 0.2) is 30.7 Å². The Morgan fingerprint density at radius 1 is 1.33 bits per heavy atom. The van der Waals surface area contributed by atoms with Crippen LogP contribution in [0.1, 0.15) is 16.7 Å². The Bertz CT molecular complexity index is 595. The van der Waals surface area contributed by atoms with Gasteiger partial charge in [-0.1, -0.05) is 17.7 Å². The van der Waals surface area contributed by atoms with Crippen molar-refractivity contribution in [2.45, 2.75) is 13.8 Å². The van der Waals surface area contributed by atoms with Crippen molar-refractivity contribution in [1.82, 2.24) is 9.97 Å². The van der Waals surface area contributed by atoms with E-state index in [2.05, 4.69) is 9.97 Å². The van der Waals surface area contributed by atoms with Crippen LogP contribution >= 0.6 is 0 Å². The molecule has 1 aromatic carbocycles. The number of ether oxygens (including phenoxy) is 1. The molecule has 0 fully saturated rings. The molecule has 0 spiro atoms. The van der Waals surface area contributed by atoms with Crippen molar-refractivity contribution in [2.75, 3.05) is 0 Å². The van der Waals surface area contributed by atoms with Crippen LogP contribution in [-0.4, -0.2) is 15.8 Å². The van der Waals surface area contributed by atoms with Gasteiger partial charge in [0.1, 0.15) is 17.9 Å². The Morgan fingerprint density at radius 3 is 2.78 bits per heavy atom. The van der Waals surface area contributed by atoms with Crippen molar-refractivity contribution in [3.63, 3.8) is 0 Å². The Hall–Kier alpha value is -2.43. The second-order valence-corrected chi connectivity index (χ2v) is 4.03. The average molecular weight is 242 g/mol. The van der Waals surface area contributed by atoms with Crippen molar-refractivity contribution in [2.24, 2.45) is 5.73 Å². The average Bonchev–Trinajstić information content (AvgIpc) is 2.33. The standard InChI is InChI=1S/C13H14N4O/c1-8-3-4-11(9(2)5-8)18-13-10(12(14)15)6-16-7-17-13/h3-7H,1-2H3,(H3,14,15). The van der Waals surface area contributed by atoms with Crippen molar-refractivity contribution >= 4 is 5.84 Å². The number of rotatable bonds is 3. The number of amidine groups is 1. The summed E-state index contributed by atoms with van der Waals surface area (Å²) in [7, 11) is 0. The van der Waals surface area contributed by atoms with Crippen LogP contribution in [-0.2, 0) is 0 Å². The quantitative estimate of drug-likeness (QED) is 0.638. The van der Waals surface area contributed by atoms with E-state index in [0.717, 1.165) is 11.1 Å². The highest BCUT2D eigenvalue weighted by Crippen LogP contribution is 2.25. The zero-order valence-electron chi connectivity index (χ0n) is 10.3. The number of nitrogen functional groups attached to an aromatic ring is 1. The fourth-order valence-electron chi connectivity index (χ4n) is 1.60. The van der Waals surface area contributed by atoms with Gasteiger partial charge in [0.2, 0.25) is 5.88 Å². The molecule has 3 N–H and O–H groups in total. The van der Waals surface area contributed by atoms with Crippen LogP contribution < -0.4 is 10.5 Å². The lowest BCUT2D eigenvalue weighted by Crippen LogP contribution is -2.13. The van der Waals surface area contributed by atoms with Gasteiger partial charge in [-0.3, -0.25) is 5.41 Å². The number of benzene rings is 1. The lowest BCUT2D eigenvalue weighted by atomic mass is 10.1. The summed E-state index contributed by atoms with van der Waals surface area (Å²) in [6, 6.07) is 5.84. The molecule has 0 radical (unpaired) electrons. The van der Waals surface area contributed by atoms with Gasteiger partial charge in [0.05, 0.1) is 5.56 Å². The largest absolute Gasteiger partial charge is 0.438 e. The summed E-state index contributed by atoms with van der Waals surface area (Å²) in [5.74, 6) is 0.876. The minimum absolute atomic E-state index is 0.115. The lowest BCUT2D eigenvalue weighted by molar-refractivity contribution is 0.456. The molecule has 0 saturated heterocycles. The first-order valence-corrected chi connectivity index (χ1v) is 5.47. The summed E-state index contributed by atoms with van der Waals surface area (Å²) in [5, 5.41) is 7.45. The summed E-state index contributed by atoms with van der Waals surface area (Å²) < 4.78 is 5.68. The third kappa shape index (κ3) is 2.45. The van der Waals surface area contributed by atoms with Crippen LogP contribution in [0.3, 0.4) is 0 Å². The molecule has 2 rings (SSSR count). The molecule has 0 atom stereocenters. The first kappa shape index (κ1) is 12.0. The predicted octanol–water partition coefficient (Wildman–Crippen LogP) is 2.17. The van der Waals surface area contributed by atoms with E-state index < -0.39 is 0 Å². The smallest absolute Gasteiger partial charge is 0.233 e. The third-order valence-electron chi connectivity index (χ3n) is 2.50. The summed E-state index contributed by atoms with van der Waals surface area (Å²) in [6.45, 7) is 3.97. The van der Waals surface area contributed by atoms with Gasteiger partial charge in [0.25, 0.3) is 0 Å². The maximum absolute atomic E-state index is 7.45. The topological polar surface area (TPSA) is 84.9 Å². The van der Waals surface area contributed by atoms with Crippen molar-refractivity contribution < 1.29 is 4.74 Å². The molecule has 0 aliphatic rings. The van der Waals surface area contributed by atoms with E-state index >= 15 is 0 Å². The molecule has 1 heterocycles. The maximum atomic E-state index is 7.45. The zero-order chi connectivity index (χ0) is 13.1. The summed E-state index contributed by atoms with van der Waals surface area (Å²) in [5.41, 5.74) is 8.00. The Morgan fingerprint density at radius 2 is 2.11 bits per heavy atom. The normalized spacial score (nSPS) is 10.1. The van der Waals surface area contributed by atoms with E-state index in [1.54, 1.807) is 0 Å². The Labute approximate surface area is 105 Å². The third-order valence-corrected chi connectivity index (χ3v) is 2.50. The fraction of sp³-hybridized carbons (Fsp3) is 0.154. The van der Waals surface area contributed by atoms with Gasteiger partial charge in [0.15, 0.2) is 0 Å². The molecule has 0 unspecified atom stereocenters. The first-order chi connectivity index (χ1) is 8.58. The van der Waals surface area contributed by atoms with Crippen LogP contribution in [0.2, 0.25) is 0 Å². The second kappa shape index (κ2) is 4.83. The van der Waals surface area contributed by atoms with E-state index in [1.165, 1.54) is 12.5 Å². The molecule has 5 heteroatoms. The number of hydrogen-bond donors (Lipinski definition) is 2. The van der Waals surface area contributed by atoms with Crippen LogP contribution in [0.25, 0.3) is 0 Å². The molecule has 0 aliphatic carbocycles. The zero-order valence-corrected chi connectivity index (χ0v) is 10.3. The molecule has 1 aromatic heterocycles. The SMILES string of the molecule is Cc1ccc(Oc2ncncc2C(=N)N)c(C)c1. The molecule has 5 nitrogen and oxygen atoms in total. The highest BCUT2D eigenvalue weighted by Gasteiger charge is 2.10. The molecule has 0 saturated carbocycles. The van der Waals surface area contributed by atoms with Gasteiger partial charge in [0, 0.05) is 6.20 Å². The number of nitrogens with one attached hydrogen (secondary N) is 1. The minimum Gasteiger partial charge on any atom is -0.438 e. The minimum atomic E-state index is -0.115. The summed E-state index contributed by atoms with van der Waals surface area (Å²) >= 11 is 0. The second-order valence-electron chi connectivity index (χ2n) is 4.03. The monoisotopic (exact) mass is 242 g/mol. The molecule has 0 aliphatic heterocycles. The Kier molecular flexibility index (Phi) is 3.23. The van der Waals surface area contributed by atoms with Crippen molar-refractivity contribution in [1.29, 1.82) is 5.41 Å². The van der Waals surface area contributed by atoms with Gasteiger partial charge in [-0.25, -0.2) is 9.97 Å². The van der Waals surface area contributed by atoms with E-state index in [0.29, 0.717) is 17.2 Å². The lowest BCUT2D eigenvalue weighted by Gasteiger charge is -2.10. The maximum Gasteiger partial charge on any atom is 0.233 e. The van der Waals surface area contributed by atoms with Gasteiger partial charge < -0.3 is 10.5 Å². The molecule has 0 amide bonds.